The minimum absolute atomic E-state index is 0. The van der Waals surface area contributed by atoms with E-state index in [9.17, 15) is 23.1 Å². The summed E-state index contributed by atoms with van der Waals surface area (Å²) in [6.45, 7) is 7.19. The minimum Gasteiger partial charge on any atom is -0.494 e. The molecule has 0 heterocycles. The largest absolute Gasteiger partial charge is 0.494 e. The molecule has 0 saturated carbocycles. The third-order valence-electron chi connectivity index (χ3n) is 6.66. The zero-order chi connectivity index (χ0) is 27.9. The molecule has 0 aromatic heterocycles. The van der Waals surface area contributed by atoms with Gasteiger partial charge in [-0.25, -0.2) is 0 Å². The lowest BCUT2D eigenvalue weighted by molar-refractivity contribution is -0.142. The number of ether oxygens (including phenoxy) is 1. The molecule has 0 spiro atoms. The number of aliphatic carboxylic acids is 1. The Bertz CT molecular complexity index is 1220. The lowest BCUT2D eigenvalue weighted by atomic mass is 9.85. The average Bonchev–Trinajstić information content (AvgIpc) is 2.87. The first kappa shape index (κ1) is 32.5. The Hall–Kier alpha value is -2.74. The second kappa shape index (κ2) is 14.1. The van der Waals surface area contributed by atoms with Crippen molar-refractivity contribution in [2.75, 3.05) is 19.7 Å². The Morgan fingerprint density at radius 1 is 1.03 bits per heavy atom. The van der Waals surface area contributed by atoms with E-state index >= 15 is 0 Å². The zero-order valence-electron chi connectivity index (χ0n) is 22.2. The number of halogens is 5. The van der Waals surface area contributed by atoms with Gasteiger partial charge in [0.1, 0.15) is 5.75 Å². The van der Waals surface area contributed by atoms with Gasteiger partial charge in [-0.3, -0.25) is 9.69 Å². The van der Waals surface area contributed by atoms with Crippen LogP contribution in [0.2, 0.25) is 5.02 Å². The van der Waals surface area contributed by atoms with E-state index in [0.29, 0.717) is 43.0 Å². The van der Waals surface area contributed by atoms with Crippen molar-refractivity contribution in [3.05, 3.63) is 100 Å². The van der Waals surface area contributed by atoms with Gasteiger partial charge < -0.3 is 9.84 Å². The molecular formula is C30H34Cl2F3NO3. The summed E-state index contributed by atoms with van der Waals surface area (Å²) < 4.78 is 46.1. The molecule has 0 bridgehead atoms. The van der Waals surface area contributed by atoms with Crippen LogP contribution in [0.1, 0.15) is 55.4 Å². The summed E-state index contributed by atoms with van der Waals surface area (Å²) in [7, 11) is 0. The maximum atomic E-state index is 13.4. The Labute approximate surface area is 239 Å². The molecule has 0 aliphatic rings. The topological polar surface area (TPSA) is 49.8 Å². The predicted octanol–water partition coefficient (Wildman–Crippen LogP) is 8.22. The third kappa shape index (κ3) is 8.88. The molecule has 0 amide bonds. The Balaban J connectivity index is 0.00000533. The van der Waals surface area contributed by atoms with Gasteiger partial charge in [0.15, 0.2) is 0 Å². The molecule has 39 heavy (non-hydrogen) atoms. The van der Waals surface area contributed by atoms with Crippen LogP contribution in [0.5, 0.6) is 5.75 Å². The zero-order valence-corrected chi connectivity index (χ0v) is 23.7. The Morgan fingerprint density at radius 3 is 2.33 bits per heavy atom. The van der Waals surface area contributed by atoms with Crippen molar-refractivity contribution in [1.82, 2.24) is 4.90 Å². The predicted molar refractivity (Wildman–Crippen MR) is 151 cm³/mol. The lowest BCUT2D eigenvalue weighted by Gasteiger charge is -2.27. The SMILES string of the molecule is CC(CN(CCCOc1cccc(C(C)(C)C(=O)O)c1)Cc1cccc(C(F)(F)F)c1Cl)c1ccccc1.Cl. The number of hydrogen-bond donors (Lipinski definition) is 1. The quantitative estimate of drug-likeness (QED) is 0.218. The number of carbonyl (C=O) groups is 1. The number of nitrogens with zero attached hydrogens (tertiary/aromatic N) is 1. The first-order chi connectivity index (χ1) is 17.9. The highest BCUT2D eigenvalue weighted by molar-refractivity contribution is 6.32. The Kier molecular flexibility index (Phi) is 11.7. The fraction of sp³-hybridized carbons (Fsp3) is 0.367. The van der Waals surface area contributed by atoms with Crippen molar-refractivity contribution < 1.29 is 27.8 Å². The summed E-state index contributed by atoms with van der Waals surface area (Å²) in [5, 5.41) is 9.23. The highest BCUT2D eigenvalue weighted by Crippen LogP contribution is 2.36. The van der Waals surface area contributed by atoms with Gasteiger partial charge in [-0.2, -0.15) is 13.2 Å². The van der Waals surface area contributed by atoms with E-state index in [1.807, 2.05) is 30.3 Å². The van der Waals surface area contributed by atoms with Crippen LogP contribution < -0.4 is 4.74 Å². The van der Waals surface area contributed by atoms with Crippen LogP contribution in [-0.2, 0) is 22.9 Å². The number of hydrogen-bond acceptors (Lipinski definition) is 3. The fourth-order valence-electron chi connectivity index (χ4n) is 4.25. The molecule has 0 radical (unpaired) electrons. The summed E-state index contributed by atoms with van der Waals surface area (Å²) in [5.41, 5.74) is 0.321. The molecular weight excluding hydrogens is 550 g/mol. The smallest absolute Gasteiger partial charge is 0.417 e. The fourth-order valence-corrected chi connectivity index (χ4v) is 4.54. The number of rotatable bonds is 12. The standard InChI is InChI=1S/C30H33ClF3NO3.ClH/c1-21(22-10-5-4-6-11-22)19-35(20-23-12-7-15-26(27(23)31)30(32,33)34)16-9-17-38-25-14-8-13-24(18-25)29(2,3)28(36)37;/h4-8,10-15,18,21H,9,16-17,19-20H2,1-3H3,(H,36,37);1H. The van der Waals surface area contributed by atoms with Gasteiger partial charge in [0.05, 0.1) is 22.6 Å². The van der Waals surface area contributed by atoms with E-state index in [-0.39, 0.29) is 29.9 Å². The van der Waals surface area contributed by atoms with Crippen LogP contribution in [0.25, 0.3) is 0 Å². The Morgan fingerprint density at radius 2 is 1.69 bits per heavy atom. The molecule has 3 aromatic carbocycles. The number of carboxylic acid groups (broad SMARTS) is 1. The second-order valence-electron chi connectivity index (χ2n) is 9.98. The molecule has 4 nitrogen and oxygen atoms in total. The van der Waals surface area contributed by atoms with Gasteiger partial charge in [-0.1, -0.05) is 73.1 Å². The van der Waals surface area contributed by atoms with Crippen molar-refractivity contribution >= 4 is 30.0 Å². The minimum atomic E-state index is -4.52. The van der Waals surface area contributed by atoms with E-state index in [4.69, 9.17) is 16.3 Å². The van der Waals surface area contributed by atoms with Gasteiger partial charge in [0.25, 0.3) is 0 Å². The summed E-state index contributed by atoms with van der Waals surface area (Å²) in [5.74, 6) is -0.204. The van der Waals surface area contributed by atoms with Crippen LogP contribution in [-0.4, -0.2) is 35.7 Å². The molecule has 9 heteroatoms. The van der Waals surface area contributed by atoms with Gasteiger partial charge in [0.2, 0.25) is 0 Å². The molecule has 0 aliphatic heterocycles. The molecule has 3 aromatic rings. The van der Waals surface area contributed by atoms with Crippen LogP contribution in [0.3, 0.4) is 0 Å². The number of benzene rings is 3. The van der Waals surface area contributed by atoms with Crippen LogP contribution in [0, 0.1) is 0 Å². The summed E-state index contributed by atoms with van der Waals surface area (Å²) >= 11 is 6.19. The summed E-state index contributed by atoms with van der Waals surface area (Å²) in [4.78, 5) is 13.7. The third-order valence-corrected chi connectivity index (χ3v) is 7.10. The van der Waals surface area contributed by atoms with E-state index in [2.05, 4.69) is 11.8 Å². The second-order valence-corrected chi connectivity index (χ2v) is 10.4. The summed E-state index contributed by atoms with van der Waals surface area (Å²) in [6.07, 6.45) is -3.91. The molecule has 1 atom stereocenters. The van der Waals surface area contributed by atoms with E-state index < -0.39 is 23.1 Å². The maximum Gasteiger partial charge on any atom is 0.417 e. The highest BCUT2D eigenvalue weighted by Gasteiger charge is 2.34. The highest BCUT2D eigenvalue weighted by atomic mass is 35.5. The normalized spacial score (nSPS) is 12.6. The van der Waals surface area contributed by atoms with Crippen molar-refractivity contribution in [2.45, 2.75) is 51.2 Å². The molecule has 1 N–H and O–H groups in total. The maximum absolute atomic E-state index is 13.4. The monoisotopic (exact) mass is 583 g/mol. The summed E-state index contributed by atoms with van der Waals surface area (Å²) in [6, 6.07) is 21.0. The van der Waals surface area contributed by atoms with Crippen LogP contribution in [0.15, 0.2) is 72.8 Å². The van der Waals surface area contributed by atoms with Crippen molar-refractivity contribution in [2.24, 2.45) is 0 Å². The van der Waals surface area contributed by atoms with E-state index in [0.717, 1.165) is 11.6 Å². The molecule has 212 valence electrons. The van der Waals surface area contributed by atoms with Gasteiger partial charge in [-0.15, -0.1) is 12.4 Å². The van der Waals surface area contributed by atoms with Crippen LogP contribution in [0.4, 0.5) is 13.2 Å². The number of alkyl halides is 3. The van der Waals surface area contributed by atoms with Crippen LogP contribution >= 0.6 is 24.0 Å². The number of carboxylic acids is 1. The first-order valence-corrected chi connectivity index (χ1v) is 12.9. The van der Waals surface area contributed by atoms with Gasteiger partial charge in [-0.05, 0) is 61.1 Å². The average molecular weight is 585 g/mol. The molecule has 0 saturated heterocycles. The van der Waals surface area contributed by atoms with Crippen molar-refractivity contribution in [3.63, 3.8) is 0 Å². The lowest BCUT2D eigenvalue weighted by Crippen LogP contribution is -2.30. The molecule has 0 fully saturated rings. The van der Waals surface area contributed by atoms with E-state index in [1.54, 1.807) is 44.2 Å². The first-order valence-electron chi connectivity index (χ1n) is 12.5. The molecule has 1 unspecified atom stereocenters. The van der Waals surface area contributed by atoms with Gasteiger partial charge in [0, 0.05) is 19.6 Å². The van der Waals surface area contributed by atoms with Crippen molar-refractivity contribution in [1.29, 1.82) is 0 Å². The molecule has 3 rings (SSSR count). The molecule has 0 aliphatic carbocycles. The van der Waals surface area contributed by atoms with E-state index in [1.165, 1.54) is 6.07 Å². The van der Waals surface area contributed by atoms with Crippen molar-refractivity contribution in [3.8, 4) is 5.75 Å². The van der Waals surface area contributed by atoms with Gasteiger partial charge >= 0.3 is 12.1 Å².